The topological polar surface area (TPSA) is 64.6 Å². The predicted octanol–water partition coefficient (Wildman–Crippen LogP) is 3.46. The van der Waals surface area contributed by atoms with Gasteiger partial charge in [-0.1, -0.05) is 13.8 Å². The fourth-order valence-corrected chi connectivity index (χ4v) is 2.37. The molecule has 0 rings (SSSR count). The Bertz CT molecular complexity index is 387. The first kappa shape index (κ1) is 23.5. The molecule has 0 heterocycles. The van der Waals surface area contributed by atoms with Crippen LogP contribution in [-0.2, 0) is 19.1 Å². The first-order chi connectivity index (χ1) is 11.1. The number of rotatable bonds is 14. The predicted molar refractivity (Wildman–Crippen MR) is 101 cm³/mol. The lowest BCUT2D eigenvalue weighted by atomic mass is 9.98. The largest absolute Gasteiger partial charge is 0.375 e. The molecule has 5 nitrogen and oxygen atoms in total. The Kier molecular flexibility index (Phi) is 11.7. The summed E-state index contributed by atoms with van der Waals surface area (Å²) < 4.78 is 11.8. The summed E-state index contributed by atoms with van der Waals surface area (Å²) in [6.07, 6.45) is 4.28. The molecule has 0 aliphatic carbocycles. The number of ketones is 1. The molecule has 0 aromatic heterocycles. The van der Waals surface area contributed by atoms with Crippen LogP contribution in [-0.4, -0.2) is 42.4 Å². The standard InChI is InChI=1S/C18H36NO4P/c1-6-8-16(21)19-12-10-17(4,7-2)22-14-11-18(5,24)23-13-9-15(3)20/h6-14,24H2,1-5H3,(H,19,21). The van der Waals surface area contributed by atoms with Gasteiger partial charge in [-0.2, -0.15) is 0 Å². The summed E-state index contributed by atoms with van der Waals surface area (Å²) in [6, 6.07) is 0. The molecule has 0 aromatic rings. The van der Waals surface area contributed by atoms with E-state index in [2.05, 4.69) is 28.4 Å². The highest BCUT2D eigenvalue weighted by molar-refractivity contribution is 7.18. The lowest BCUT2D eigenvalue weighted by Crippen LogP contribution is -2.36. The summed E-state index contributed by atoms with van der Waals surface area (Å²) in [7, 11) is 2.69. The average Bonchev–Trinajstić information content (AvgIpc) is 2.46. The fourth-order valence-electron chi connectivity index (χ4n) is 2.13. The Balaban J connectivity index is 4.12. The minimum atomic E-state index is -0.389. The second-order valence-corrected chi connectivity index (χ2v) is 8.09. The van der Waals surface area contributed by atoms with Gasteiger partial charge in [-0.3, -0.25) is 9.59 Å². The maximum Gasteiger partial charge on any atom is 0.219 e. The summed E-state index contributed by atoms with van der Waals surface area (Å²) in [5, 5.41) is 2.55. The van der Waals surface area contributed by atoms with Crippen LogP contribution in [0.15, 0.2) is 0 Å². The van der Waals surface area contributed by atoms with Crippen molar-refractivity contribution in [2.45, 2.75) is 84.1 Å². The highest BCUT2D eigenvalue weighted by Crippen LogP contribution is 2.26. The normalized spacial score (nSPS) is 16.2. The molecule has 6 heteroatoms. The first-order valence-electron chi connectivity index (χ1n) is 8.97. The van der Waals surface area contributed by atoms with Gasteiger partial charge in [-0.15, -0.1) is 9.24 Å². The fraction of sp³-hybridized carbons (Fsp3) is 0.889. The van der Waals surface area contributed by atoms with Crippen LogP contribution >= 0.6 is 9.24 Å². The van der Waals surface area contributed by atoms with Crippen molar-refractivity contribution >= 4 is 20.9 Å². The molecule has 24 heavy (non-hydrogen) atoms. The summed E-state index contributed by atoms with van der Waals surface area (Å²) in [6.45, 7) is 11.4. The van der Waals surface area contributed by atoms with Crippen molar-refractivity contribution in [3.05, 3.63) is 0 Å². The number of carbonyl (C=O) groups is 2. The number of hydrogen-bond acceptors (Lipinski definition) is 4. The maximum absolute atomic E-state index is 11.5. The van der Waals surface area contributed by atoms with E-state index in [4.69, 9.17) is 9.47 Å². The van der Waals surface area contributed by atoms with E-state index in [1.807, 2.05) is 13.8 Å². The molecule has 1 amide bonds. The zero-order valence-electron chi connectivity index (χ0n) is 16.1. The zero-order valence-corrected chi connectivity index (χ0v) is 17.2. The number of nitrogens with one attached hydrogen (secondary N) is 1. The van der Waals surface area contributed by atoms with E-state index in [1.54, 1.807) is 6.92 Å². The summed E-state index contributed by atoms with van der Waals surface area (Å²) in [5.74, 6) is 0.239. The molecule has 0 saturated carbocycles. The van der Waals surface area contributed by atoms with Crippen molar-refractivity contribution < 1.29 is 19.1 Å². The Morgan fingerprint density at radius 3 is 2.25 bits per heavy atom. The zero-order chi connectivity index (χ0) is 18.6. The Morgan fingerprint density at radius 2 is 1.71 bits per heavy atom. The number of Topliss-reactive ketones (excluding diaryl/α,β-unsaturated/α-hetero) is 1. The summed E-state index contributed by atoms with van der Waals surface area (Å²) in [5.41, 5.74) is -0.250. The van der Waals surface area contributed by atoms with Gasteiger partial charge in [0, 0.05) is 25.8 Å². The Hall–Kier alpha value is -0.510. The van der Waals surface area contributed by atoms with Gasteiger partial charge in [0.1, 0.15) is 5.78 Å². The van der Waals surface area contributed by atoms with E-state index >= 15 is 0 Å². The van der Waals surface area contributed by atoms with Gasteiger partial charge >= 0.3 is 0 Å². The van der Waals surface area contributed by atoms with Gasteiger partial charge in [0.05, 0.1) is 24.2 Å². The van der Waals surface area contributed by atoms with Gasteiger partial charge in [0.25, 0.3) is 0 Å². The van der Waals surface area contributed by atoms with Crippen LogP contribution in [0.5, 0.6) is 0 Å². The Morgan fingerprint density at radius 1 is 1.04 bits per heavy atom. The molecular formula is C18H36NO4P. The van der Waals surface area contributed by atoms with Crippen LogP contribution in [0.25, 0.3) is 0 Å². The van der Waals surface area contributed by atoms with E-state index in [-0.39, 0.29) is 22.6 Å². The van der Waals surface area contributed by atoms with E-state index in [0.29, 0.717) is 32.6 Å². The van der Waals surface area contributed by atoms with Crippen LogP contribution in [0.3, 0.4) is 0 Å². The number of ether oxygens (including phenoxy) is 2. The molecule has 0 saturated heterocycles. The lowest BCUT2D eigenvalue weighted by molar-refractivity contribution is -0.121. The van der Waals surface area contributed by atoms with Gasteiger partial charge in [0.2, 0.25) is 5.91 Å². The number of amides is 1. The molecule has 0 aliphatic heterocycles. The van der Waals surface area contributed by atoms with Crippen molar-refractivity contribution in [1.29, 1.82) is 0 Å². The minimum Gasteiger partial charge on any atom is -0.375 e. The lowest BCUT2D eigenvalue weighted by Gasteiger charge is -2.31. The molecule has 3 atom stereocenters. The smallest absolute Gasteiger partial charge is 0.219 e. The van der Waals surface area contributed by atoms with Crippen LogP contribution in [0.2, 0.25) is 0 Å². The molecule has 142 valence electrons. The third kappa shape index (κ3) is 11.9. The molecule has 0 fully saturated rings. The quantitative estimate of drug-likeness (QED) is 0.481. The van der Waals surface area contributed by atoms with Crippen molar-refractivity contribution in [3.63, 3.8) is 0 Å². The van der Waals surface area contributed by atoms with Crippen molar-refractivity contribution in [2.75, 3.05) is 19.8 Å². The average molecular weight is 361 g/mol. The van der Waals surface area contributed by atoms with E-state index in [0.717, 1.165) is 25.7 Å². The molecule has 3 unspecified atom stereocenters. The van der Waals surface area contributed by atoms with E-state index in [1.165, 1.54) is 0 Å². The summed E-state index contributed by atoms with van der Waals surface area (Å²) >= 11 is 0. The highest BCUT2D eigenvalue weighted by atomic mass is 31.0. The number of carbonyl (C=O) groups excluding carboxylic acids is 2. The van der Waals surface area contributed by atoms with Gasteiger partial charge in [-0.25, -0.2) is 0 Å². The molecule has 0 aliphatic rings. The Labute approximate surface area is 149 Å². The molecule has 0 radical (unpaired) electrons. The highest BCUT2D eigenvalue weighted by Gasteiger charge is 2.25. The first-order valence-corrected chi connectivity index (χ1v) is 9.55. The molecule has 0 aromatic carbocycles. The van der Waals surface area contributed by atoms with E-state index in [9.17, 15) is 9.59 Å². The summed E-state index contributed by atoms with van der Waals surface area (Å²) in [4.78, 5) is 22.5. The van der Waals surface area contributed by atoms with Crippen molar-refractivity contribution in [2.24, 2.45) is 0 Å². The van der Waals surface area contributed by atoms with Crippen LogP contribution in [0, 0.1) is 0 Å². The SMILES string of the molecule is CCCC(=O)NCCC(C)(CC)OCCC(C)(P)OCCC(C)=O. The minimum absolute atomic E-state index is 0.104. The third-order valence-electron chi connectivity index (χ3n) is 4.14. The molecular weight excluding hydrogens is 325 g/mol. The van der Waals surface area contributed by atoms with Gasteiger partial charge in [0.15, 0.2) is 0 Å². The van der Waals surface area contributed by atoms with Crippen LogP contribution in [0.1, 0.15) is 73.1 Å². The second kappa shape index (κ2) is 11.9. The van der Waals surface area contributed by atoms with Gasteiger partial charge in [-0.05, 0) is 40.0 Å². The van der Waals surface area contributed by atoms with Crippen LogP contribution < -0.4 is 5.32 Å². The molecule has 0 bridgehead atoms. The third-order valence-corrected chi connectivity index (χ3v) is 4.59. The van der Waals surface area contributed by atoms with Crippen molar-refractivity contribution in [3.8, 4) is 0 Å². The van der Waals surface area contributed by atoms with E-state index < -0.39 is 0 Å². The van der Waals surface area contributed by atoms with Crippen molar-refractivity contribution in [1.82, 2.24) is 5.32 Å². The molecule has 1 N–H and O–H groups in total. The monoisotopic (exact) mass is 361 g/mol. The van der Waals surface area contributed by atoms with Gasteiger partial charge < -0.3 is 14.8 Å². The molecule has 0 spiro atoms. The number of hydrogen-bond donors (Lipinski definition) is 1. The maximum atomic E-state index is 11.5. The van der Waals surface area contributed by atoms with Crippen LogP contribution in [0.4, 0.5) is 0 Å². The second-order valence-electron chi connectivity index (χ2n) is 6.87.